The van der Waals surface area contributed by atoms with Crippen molar-refractivity contribution in [3.05, 3.63) is 51.9 Å². The summed E-state index contributed by atoms with van der Waals surface area (Å²) >= 11 is 1.24. The summed E-state index contributed by atoms with van der Waals surface area (Å²) in [4.78, 5) is 29.6. The second-order valence-electron chi connectivity index (χ2n) is 8.17. The van der Waals surface area contributed by atoms with Gasteiger partial charge in [-0.15, -0.1) is 11.3 Å². The van der Waals surface area contributed by atoms with Crippen LogP contribution in [-0.2, 0) is 11.3 Å². The summed E-state index contributed by atoms with van der Waals surface area (Å²) in [6.07, 6.45) is 7.78. The molecule has 170 valence electrons. The molecule has 3 aromatic rings. The van der Waals surface area contributed by atoms with Gasteiger partial charge in [0, 0.05) is 17.6 Å². The largest absolute Gasteiger partial charge is 0.467 e. The second kappa shape index (κ2) is 10.2. The molecule has 0 radical (unpaired) electrons. The number of furan rings is 1. The molecule has 32 heavy (non-hydrogen) atoms. The van der Waals surface area contributed by atoms with Crippen LogP contribution in [0.5, 0.6) is 0 Å². The van der Waals surface area contributed by atoms with Crippen LogP contribution in [-0.4, -0.2) is 34.6 Å². The van der Waals surface area contributed by atoms with E-state index in [4.69, 9.17) is 9.15 Å². The smallest absolute Gasteiger partial charge is 0.367 e. The molecule has 1 fully saturated rings. The number of ether oxygens (including phenoxy) is 1. The van der Waals surface area contributed by atoms with E-state index in [0.29, 0.717) is 41.9 Å². The van der Waals surface area contributed by atoms with Crippen molar-refractivity contribution in [2.24, 2.45) is 5.92 Å². The van der Waals surface area contributed by atoms with Gasteiger partial charge in [0.25, 0.3) is 5.91 Å². The number of nitrogens with zero attached hydrogens (tertiary/aromatic N) is 2. The van der Waals surface area contributed by atoms with E-state index in [9.17, 15) is 9.59 Å². The third-order valence-electron chi connectivity index (χ3n) is 6.00. The highest BCUT2D eigenvalue weighted by Crippen LogP contribution is 2.29. The quantitative estimate of drug-likeness (QED) is 0.481. The van der Waals surface area contributed by atoms with Gasteiger partial charge in [-0.25, -0.2) is 9.78 Å². The molecule has 0 aliphatic heterocycles. The zero-order valence-electron chi connectivity index (χ0n) is 18.6. The summed E-state index contributed by atoms with van der Waals surface area (Å²) in [6.45, 7) is 5.17. The van der Waals surface area contributed by atoms with Crippen molar-refractivity contribution in [3.63, 3.8) is 0 Å². The van der Waals surface area contributed by atoms with Crippen molar-refractivity contribution in [3.8, 4) is 11.4 Å². The Morgan fingerprint density at radius 1 is 1.31 bits per heavy atom. The van der Waals surface area contributed by atoms with Crippen LogP contribution in [0.3, 0.4) is 0 Å². The van der Waals surface area contributed by atoms with Gasteiger partial charge in [0.1, 0.15) is 5.76 Å². The molecule has 1 amide bonds. The van der Waals surface area contributed by atoms with Crippen LogP contribution >= 0.6 is 11.3 Å². The Kier molecular flexibility index (Phi) is 7.09. The molecule has 0 spiro atoms. The van der Waals surface area contributed by atoms with E-state index < -0.39 is 5.97 Å². The maximum Gasteiger partial charge on any atom is 0.367 e. The van der Waals surface area contributed by atoms with Crippen LogP contribution in [0.1, 0.15) is 70.6 Å². The van der Waals surface area contributed by atoms with E-state index in [0.717, 1.165) is 17.1 Å². The molecule has 8 heteroatoms. The Hall–Kier alpha value is -2.87. The van der Waals surface area contributed by atoms with Gasteiger partial charge < -0.3 is 19.0 Å². The molecule has 0 saturated heterocycles. The minimum absolute atomic E-state index is 0.0756. The van der Waals surface area contributed by atoms with Crippen molar-refractivity contribution in [2.45, 2.75) is 52.5 Å². The summed E-state index contributed by atoms with van der Waals surface area (Å²) in [5.41, 5.74) is 2.86. The molecular weight excluding hydrogens is 426 g/mol. The molecule has 3 aromatic heterocycles. The number of thiazole rings is 1. The first-order valence-corrected chi connectivity index (χ1v) is 12.1. The summed E-state index contributed by atoms with van der Waals surface area (Å²) < 4.78 is 12.6. The van der Waals surface area contributed by atoms with Crippen LogP contribution in [0, 0.1) is 12.8 Å². The highest BCUT2D eigenvalue weighted by Gasteiger charge is 2.23. The zero-order chi connectivity index (χ0) is 22.5. The topological polar surface area (TPSA) is 86.4 Å². The van der Waals surface area contributed by atoms with E-state index in [1.807, 2.05) is 35.1 Å². The monoisotopic (exact) mass is 455 g/mol. The predicted octanol–water partition coefficient (Wildman–Crippen LogP) is 5.05. The fourth-order valence-electron chi connectivity index (χ4n) is 4.25. The van der Waals surface area contributed by atoms with Gasteiger partial charge in [-0.1, -0.05) is 19.3 Å². The molecule has 0 atom stereocenters. The fourth-order valence-corrected chi connectivity index (χ4v) is 4.95. The first kappa shape index (κ1) is 22.3. The normalized spacial score (nSPS) is 14.4. The summed E-state index contributed by atoms with van der Waals surface area (Å²) in [6, 6.07) is 5.60. The minimum Gasteiger partial charge on any atom is -0.467 e. The zero-order valence-corrected chi connectivity index (χ0v) is 19.4. The molecule has 1 saturated carbocycles. The maximum absolute atomic E-state index is 13.1. The number of hydrogen-bond donors (Lipinski definition) is 1. The van der Waals surface area contributed by atoms with Gasteiger partial charge >= 0.3 is 5.97 Å². The standard InChI is InChI=1S/C24H29N3O4S/c1-3-30-24(29)23-26-20(15-32-23)21-12-19(16(2)27(21)14-18-10-7-11-31-18)22(28)25-13-17-8-5-4-6-9-17/h7,10-12,15,17H,3-6,8-9,13-14H2,1-2H3,(H,25,28). The van der Waals surface area contributed by atoms with Gasteiger partial charge in [0.2, 0.25) is 5.01 Å². The first-order valence-electron chi connectivity index (χ1n) is 11.2. The predicted molar refractivity (Wildman–Crippen MR) is 123 cm³/mol. The maximum atomic E-state index is 13.1. The van der Waals surface area contributed by atoms with Gasteiger partial charge in [-0.3, -0.25) is 4.79 Å². The third-order valence-corrected chi connectivity index (χ3v) is 6.82. The van der Waals surface area contributed by atoms with Crippen molar-refractivity contribution in [1.29, 1.82) is 0 Å². The van der Waals surface area contributed by atoms with Crippen molar-refractivity contribution in [1.82, 2.24) is 14.9 Å². The average molecular weight is 456 g/mol. The van der Waals surface area contributed by atoms with Crippen LogP contribution in [0.25, 0.3) is 11.4 Å². The molecule has 4 rings (SSSR count). The third kappa shape index (κ3) is 4.96. The lowest BCUT2D eigenvalue weighted by atomic mass is 9.89. The lowest BCUT2D eigenvalue weighted by Crippen LogP contribution is -2.30. The number of amides is 1. The van der Waals surface area contributed by atoms with Crippen LogP contribution in [0.4, 0.5) is 0 Å². The molecule has 1 N–H and O–H groups in total. The lowest BCUT2D eigenvalue weighted by Gasteiger charge is -2.21. The van der Waals surface area contributed by atoms with E-state index in [2.05, 4.69) is 10.3 Å². The highest BCUT2D eigenvalue weighted by molar-refractivity contribution is 7.11. The molecule has 1 aliphatic rings. The number of carbonyl (C=O) groups excluding carboxylic acids is 2. The number of hydrogen-bond acceptors (Lipinski definition) is 6. The van der Waals surface area contributed by atoms with E-state index in [1.165, 1.54) is 43.4 Å². The van der Waals surface area contributed by atoms with E-state index in [1.54, 1.807) is 13.2 Å². The molecular formula is C24H29N3O4S. The van der Waals surface area contributed by atoms with Gasteiger partial charge in [0.05, 0.1) is 36.4 Å². The lowest BCUT2D eigenvalue weighted by molar-refractivity contribution is 0.0526. The number of carbonyl (C=O) groups is 2. The Morgan fingerprint density at radius 2 is 2.12 bits per heavy atom. The van der Waals surface area contributed by atoms with Crippen LogP contribution in [0.2, 0.25) is 0 Å². The molecule has 7 nitrogen and oxygen atoms in total. The Bertz CT molecular complexity index is 1060. The molecule has 3 heterocycles. The minimum atomic E-state index is -0.435. The van der Waals surface area contributed by atoms with E-state index in [-0.39, 0.29) is 5.91 Å². The molecule has 1 aliphatic carbocycles. The molecule has 0 bridgehead atoms. The molecule has 0 aromatic carbocycles. The van der Waals surface area contributed by atoms with Crippen molar-refractivity contribution >= 4 is 23.2 Å². The summed E-state index contributed by atoms with van der Waals surface area (Å²) in [5.74, 6) is 0.826. The first-order chi connectivity index (χ1) is 15.6. The SMILES string of the molecule is CCOC(=O)c1nc(-c2cc(C(=O)NCC3CCCCC3)c(C)n2Cc2ccco2)cs1. The summed E-state index contributed by atoms with van der Waals surface area (Å²) in [5, 5.41) is 5.26. The second-order valence-corrected chi connectivity index (χ2v) is 9.02. The number of rotatable bonds is 8. The van der Waals surface area contributed by atoms with Crippen LogP contribution < -0.4 is 5.32 Å². The van der Waals surface area contributed by atoms with Gasteiger partial charge in [-0.2, -0.15) is 0 Å². The van der Waals surface area contributed by atoms with Crippen molar-refractivity contribution < 1.29 is 18.7 Å². The Balaban J connectivity index is 1.61. The molecule has 0 unspecified atom stereocenters. The van der Waals surface area contributed by atoms with Crippen LogP contribution in [0.15, 0.2) is 34.3 Å². The summed E-state index contributed by atoms with van der Waals surface area (Å²) in [7, 11) is 0. The fraction of sp³-hybridized carbons (Fsp3) is 0.458. The Labute approximate surface area is 191 Å². The number of esters is 1. The number of aromatic nitrogens is 2. The van der Waals surface area contributed by atoms with E-state index >= 15 is 0 Å². The van der Waals surface area contributed by atoms with Gasteiger partial charge in [0.15, 0.2) is 0 Å². The number of nitrogens with one attached hydrogen (secondary N) is 1. The average Bonchev–Trinajstić information content (AvgIpc) is 3.55. The van der Waals surface area contributed by atoms with Crippen molar-refractivity contribution in [2.75, 3.05) is 13.2 Å². The highest BCUT2D eigenvalue weighted by atomic mass is 32.1. The Morgan fingerprint density at radius 3 is 2.84 bits per heavy atom. The van der Waals surface area contributed by atoms with Gasteiger partial charge in [-0.05, 0) is 50.8 Å².